The number of imidazole rings is 1. The summed E-state index contributed by atoms with van der Waals surface area (Å²) in [5.41, 5.74) is 0.850. The van der Waals surface area contributed by atoms with Crippen LogP contribution >= 0.6 is 34.2 Å². The van der Waals surface area contributed by atoms with Gasteiger partial charge in [-0.05, 0) is 22.6 Å². The van der Waals surface area contributed by atoms with Crippen molar-refractivity contribution in [1.29, 1.82) is 0 Å². The molecule has 0 atom stereocenters. The molecule has 0 bridgehead atoms. The van der Waals surface area contributed by atoms with Crippen LogP contribution in [-0.4, -0.2) is 19.5 Å². The van der Waals surface area contributed by atoms with E-state index < -0.39 is 0 Å². The van der Waals surface area contributed by atoms with Crippen LogP contribution in [0.2, 0.25) is 5.15 Å². The molecule has 0 N–H and O–H groups in total. The number of halogens is 2. The minimum atomic E-state index is 0.469. The number of aryl methyl sites for hydroxylation is 1. The van der Waals surface area contributed by atoms with Gasteiger partial charge in [-0.15, -0.1) is 0 Å². The Morgan fingerprint density at radius 1 is 1.43 bits per heavy atom. The molecule has 6 heteroatoms. The van der Waals surface area contributed by atoms with Gasteiger partial charge >= 0.3 is 0 Å². The number of hydrogen-bond donors (Lipinski definition) is 0. The van der Waals surface area contributed by atoms with E-state index in [1.807, 2.05) is 11.6 Å². The van der Waals surface area contributed by atoms with Gasteiger partial charge in [0.2, 0.25) is 0 Å². The average molecular weight is 321 g/mol. The molecule has 2 heterocycles. The molecular weight excluding hydrogens is 314 g/mol. The van der Waals surface area contributed by atoms with Crippen molar-refractivity contribution in [2.24, 2.45) is 7.05 Å². The lowest BCUT2D eigenvalue weighted by atomic mass is 10.4. The lowest BCUT2D eigenvalue weighted by Crippen LogP contribution is -1.96. The van der Waals surface area contributed by atoms with Crippen LogP contribution in [0.3, 0.4) is 0 Å². The second-order valence-electron chi connectivity index (χ2n) is 2.72. The van der Waals surface area contributed by atoms with Gasteiger partial charge in [-0.3, -0.25) is 0 Å². The van der Waals surface area contributed by atoms with E-state index in [9.17, 15) is 0 Å². The molecule has 0 aliphatic heterocycles. The molecule has 0 fully saturated rings. The summed E-state index contributed by atoms with van der Waals surface area (Å²) in [7, 11) is 1.89. The molecule has 2 rings (SSSR count). The standard InChI is InChI=1S/C8H6ClIN4/c1-14-4-11-3-6(14)8-12-2-5(10)7(9)13-8/h2-4H,1H3. The van der Waals surface area contributed by atoms with E-state index in [-0.39, 0.29) is 0 Å². The van der Waals surface area contributed by atoms with Crippen LogP contribution in [-0.2, 0) is 7.05 Å². The molecule has 2 aromatic rings. The minimum Gasteiger partial charge on any atom is -0.331 e. The Bertz CT molecular complexity index is 468. The molecule has 0 spiro atoms. The summed E-state index contributed by atoms with van der Waals surface area (Å²) < 4.78 is 2.69. The van der Waals surface area contributed by atoms with E-state index in [2.05, 4.69) is 37.5 Å². The molecule has 0 unspecified atom stereocenters. The first kappa shape index (κ1) is 9.85. The molecule has 72 valence electrons. The largest absolute Gasteiger partial charge is 0.331 e. The molecule has 0 saturated heterocycles. The zero-order valence-corrected chi connectivity index (χ0v) is 10.2. The highest BCUT2D eigenvalue weighted by molar-refractivity contribution is 14.1. The van der Waals surface area contributed by atoms with Crippen molar-refractivity contribution in [3.8, 4) is 11.5 Å². The van der Waals surface area contributed by atoms with Crippen molar-refractivity contribution in [3.05, 3.63) is 27.4 Å². The summed E-state index contributed by atoms with van der Waals surface area (Å²) in [6.45, 7) is 0. The molecule has 14 heavy (non-hydrogen) atoms. The van der Waals surface area contributed by atoms with E-state index in [4.69, 9.17) is 11.6 Å². The minimum absolute atomic E-state index is 0.469. The zero-order chi connectivity index (χ0) is 10.1. The molecule has 2 aromatic heterocycles. The zero-order valence-electron chi connectivity index (χ0n) is 7.28. The van der Waals surface area contributed by atoms with Gasteiger partial charge in [-0.2, -0.15) is 0 Å². The quantitative estimate of drug-likeness (QED) is 0.597. The van der Waals surface area contributed by atoms with Crippen molar-refractivity contribution >= 4 is 34.2 Å². The predicted molar refractivity (Wildman–Crippen MR) is 62.0 cm³/mol. The van der Waals surface area contributed by atoms with Crippen molar-refractivity contribution in [2.75, 3.05) is 0 Å². The third-order valence-corrected chi connectivity index (χ3v) is 3.14. The van der Waals surface area contributed by atoms with E-state index in [1.165, 1.54) is 0 Å². The topological polar surface area (TPSA) is 43.6 Å². The van der Waals surface area contributed by atoms with E-state index in [0.29, 0.717) is 11.0 Å². The lowest BCUT2D eigenvalue weighted by molar-refractivity contribution is 0.907. The van der Waals surface area contributed by atoms with Gasteiger partial charge in [0.1, 0.15) is 10.8 Å². The second kappa shape index (κ2) is 3.82. The van der Waals surface area contributed by atoms with Gasteiger partial charge in [0.25, 0.3) is 0 Å². The van der Waals surface area contributed by atoms with Gasteiger partial charge in [-0.1, -0.05) is 11.6 Å². The van der Waals surface area contributed by atoms with Crippen LogP contribution in [0.25, 0.3) is 11.5 Å². The first-order valence-corrected chi connectivity index (χ1v) is 5.29. The van der Waals surface area contributed by atoms with Crippen LogP contribution in [0, 0.1) is 3.57 Å². The first-order valence-electron chi connectivity index (χ1n) is 3.83. The highest BCUT2D eigenvalue weighted by atomic mass is 127. The molecule has 0 radical (unpaired) electrons. The van der Waals surface area contributed by atoms with Crippen molar-refractivity contribution in [1.82, 2.24) is 19.5 Å². The number of nitrogens with zero attached hydrogens (tertiary/aromatic N) is 4. The first-order chi connectivity index (χ1) is 6.68. The molecular formula is C8H6ClIN4. The molecule has 4 nitrogen and oxygen atoms in total. The van der Waals surface area contributed by atoms with E-state index >= 15 is 0 Å². The van der Waals surface area contributed by atoms with Crippen molar-refractivity contribution in [3.63, 3.8) is 0 Å². The Labute approximate surface area is 99.5 Å². The summed E-state index contributed by atoms with van der Waals surface area (Å²) in [5, 5.41) is 0.469. The Balaban J connectivity index is 2.53. The Morgan fingerprint density at radius 3 is 2.79 bits per heavy atom. The fourth-order valence-corrected chi connectivity index (χ4v) is 1.43. The molecule has 0 aliphatic rings. The summed E-state index contributed by atoms with van der Waals surface area (Å²) >= 11 is 7.98. The average Bonchev–Trinajstić information content (AvgIpc) is 2.57. The van der Waals surface area contributed by atoms with Crippen LogP contribution in [0.1, 0.15) is 0 Å². The summed E-state index contributed by atoms with van der Waals surface area (Å²) in [4.78, 5) is 12.3. The van der Waals surface area contributed by atoms with Gasteiger partial charge in [0.05, 0.1) is 16.1 Å². The third kappa shape index (κ3) is 1.74. The van der Waals surface area contributed by atoms with Crippen LogP contribution in [0.5, 0.6) is 0 Å². The Kier molecular flexibility index (Phi) is 2.69. The summed E-state index contributed by atoms with van der Waals surface area (Å²) in [5.74, 6) is 0.593. The highest BCUT2D eigenvalue weighted by Crippen LogP contribution is 2.19. The van der Waals surface area contributed by atoms with Crippen molar-refractivity contribution < 1.29 is 0 Å². The number of hydrogen-bond acceptors (Lipinski definition) is 3. The maximum Gasteiger partial charge on any atom is 0.179 e. The van der Waals surface area contributed by atoms with Crippen molar-refractivity contribution in [2.45, 2.75) is 0 Å². The summed E-state index contributed by atoms with van der Waals surface area (Å²) in [6, 6.07) is 0. The Morgan fingerprint density at radius 2 is 2.21 bits per heavy atom. The molecule has 0 aromatic carbocycles. The maximum atomic E-state index is 5.89. The molecule has 0 saturated carbocycles. The van der Waals surface area contributed by atoms with Crippen LogP contribution in [0.15, 0.2) is 18.7 Å². The third-order valence-electron chi connectivity index (χ3n) is 1.75. The summed E-state index contributed by atoms with van der Waals surface area (Å²) in [6.07, 6.45) is 5.10. The Hall–Kier alpha value is -0.690. The fourth-order valence-electron chi connectivity index (χ4n) is 1.04. The normalized spacial score (nSPS) is 10.5. The SMILES string of the molecule is Cn1cncc1-c1ncc(I)c(Cl)n1. The fraction of sp³-hybridized carbons (Fsp3) is 0.125. The van der Waals surface area contributed by atoms with Gasteiger partial charge in [0, 0.05) is 13.2 Å². The van der Waals surface area contributed by atoms with E-state index in [1.54, 1.807) is 18.7 Å². The smallest absolute Gasteiger partial charge is 0.179 e. The second-order valence-corrected chi connectivity index (χ2v) is 4.24. The monoisotopic (exact) mass is 320 g/mol. The van der Waals surface area contributed by atoms with Crippen LogP contribution < -0.4 is 0 Å². The van der Waals surface area contributed by atoms with Gasteiger partial charge < -0.3 is 4.57 Å². The predicted octanol–water partition coefficient (Wildman–Crippen LogP) is 2.14. The van der Waals surface area contributed by atoms with E-state index in [0.717, 1.165) is 9.26 Å². The lowest BCUT2D eigenvalue weighted by Gasteiger charge is -2.01. The van der Waals surface area contributed by atoms with Gasteiger partial charge in [-0.25, -0.2) is 15.0 Å². The van der Waals surface area contributed by atoms with Crippen LogP contribution in [0.4, 0.5) is 0 Å². The molecule has 0 amide bonds. The number of rotatable bonds is 1. The molecule has 0 aliphatic carbocycles. The highest BCUT2D eigenvalue weighted by Gasteiger charge is 2.07. The number of aromatic nitrogens is 4. The maximum absolute atomic E-state index is 5.89. The van der Waals surface area contributed by atoms with Gasteiger partial charge in [0.15, 0.2) is 5.82 Å².